The molecule has 0 radical (unpaired) electrons. The number of nitro benzene ring substituents is 1. The molecule has 7 nitrogen and oxygen atoms in total. The quantitative estimate of drug-likeness (QED) is 0.668. The van der Waals surface area contributed by atoms with Gasteiger partial charge in [0.05, 0.1) is 4.92 Å². The number of aryl methyl sites for hydroxylation is 1. The van der Waals surface area contributed by atoms with Crippen LogP contribution in [0, 0.1) is 17.0 Å². The zero-order valence-corrected chi connectivity index (χ0v) is 10.9. The Morgan fingerprint density at radius 2 is 2.15 bits per heavy atom. The van der Waals surface area contributed by atoms with E-state index in [-0.39, 0.29) is 11.6 Å². The van der Waals surface area contributed by atoms with E-state index in [0.29, 0.717) is 30.5 Å². The highest BCUT2D eigenvalue weighted by atomic mass is 16.6. The molecule has 1 aliphatic rings. The first-order chi connectivity index (χ1) is 9.41. The maximum Gasteiger partial charge on any atom is 0.326 e. The Balaban J connectivity index is 2.29. The molecule has 106 valence electrons. The predicted octanol–water partition coefficient (Wildman–Crippen LogP) is 1.59. The summed E-state index contributed by atoms with van der Waals surface area (Å²) < 4.78 is 0. The first kappa shape index (κ1) is 14.0. The Labute approximate surface area is 115 Å². The number of hydrogen-bond donors (Lipinski definition) is 1. The van der Waals surface area contributed by atoms with Crippen molar-refractivity contribution in [3.8, 4) is 0 Å². The maximum absolute atomic E-state index is 12.4. The zero-order chi connectivity index (χ0) is 14.9. The molecule has 0 aromatic heterocycles. The lowest BCUT2D eigenvalue weighted by atomic mass is 10.1. The molecule has 1 aromatic carbocycles. The summed E-state index contributed by atoms with van der Waals surface area (Å²) in [5.41, 5.74) is 0.694. The Morgan fingerprint density at radius 3 is 2.70 bits per heavy atom. The second-order valence-electron chi connectivity index (χ2n) is 4.75. The Morgan fingerprint density at radius 1 is 1.45 bits per heavy atom. The van der Waals surface area contributed by atoms with Crippen LogP contribution in [-0.4, -0.2) is 39.4 Å². The predicted molar refractivity (Wildman–Crippen MR) is 69.5 cm³/mol. The molecule has 0 saturated carbocycles. The Kier molecular flexibility index (Phi) is 3.69. The fourth-order valence-corrected chi connectivity index (χ4v) is 2.42. The number of amides is 1. The molecule has 1 atom stereocenters. The minimum absolute atomic E-state index is 0.0877. The number of carboxylic acid groups (broad SMARTS) is 1. The number of hydrogen-bond acceptors (Lipinski definition) is 4. The summed E-state index contributed by atoms with van der Waals surface area (Å²) in [6.45, 7) is 2.00. The smallest absolute Gasteiger partial charge is 0.326 e. The van der Waals surface area contributed by atoms with Crippen LogP contribution in [0.15, 0.2) is 18.2 Å². The second-order valence-corrected chi connectivity index (χ2v) is 4.75. The van der Waals surface area contributed by atoms with Gasteiger partial charge in [-0.05, 0) is 31.4 Å². The summed E-state index contributed by atoms with van der Waals surface area (Å²) in [5.74, 6) is -1.40. The van der Waals surface area contributed by atoms with Crippen molar-refractivity contribution in [2.75, 3.05) is 6.54 Å². The van der Waals surface area contributed by atoms with Crippen LogP contribution in [0.25, 0.3) is 0 Å². The lowest BCUT2D eigenvalue weighted by molar-refractivity contribution is -0.384. The molecule has 1 fully saturated rings. The van der Waals surface area contributed by atoms with Gasteiger partial charge in [-0.15, -0.1) is 0 Å². The van der Waals surface area contributed by atoms with E-state index < -0.39 is 16.9 Å². The Hall–Kier alpha value is -2.44. The van der Waals surface area contributed by atoms with Crippen LogP contribution in [0.2, 0.25) is 0 Å². The molecule has 0 aliphatic carbocycles. The van der Waals surface area contributed by atoms with Gasteiger partial charge in [0, 0.05) is 24.2 Å². The molecule has 20 heavy (non-hydrogen) atoms. The number of carboxylic acids is 1. The van der Waals surface area contributed by atoms with Crippen molar-refractivity contribution < 1.29 is 19.6 Å². The number of likely N-dealkylation sites (tertiary alicyclic amines) is 1. The van der Waals surface area contributed by atoms with E-state index in [1.165, 1.54) is 23.1 Å². The lowest BCUT2D eigenvalue weighted by Gasteiger charge is -2.22. The van der Waals surface area contributed by atoms with Crippen molar-refractivity contribution in [1.29, 1.82) is 0 Å². The fraction of sp³-hybridized carbons (Fsp3) is 0.385. The van der Waals surface area contributed by atoms with Crippen LogP contribution in [0.4, 0.5) is 5.69 Å². The van der Waals surface area contributed by atoms with Crippen molar-refractivity contribution in [3.05, 3.63) is 39.4 Å². The number of nitro groups is 1. The standard InChI is InChI=1S/C13H14N2O5/c1-8-7-9(15(19)20)4-5-10(8)12(16)14-6-2-3-11(14)13(17)18/h4-5,7,11H,2-3,6H2,1H3,(H,17,18). The van der Waals surface area contributed by atoms with E-state index in [9.17, 15) is 19.7 Å². The van der Waals surface area contributed by atoms with Gasteiger partial charge >= 0.3 is 5.97 Å². The summed E-state index contributed by atoms with van der Waals surface area (Å²) in [7, 11) is 0. The molecule has 1 heterocycles. The third-order valence-corrected chi connectivity index (χ3v) is 3.45. The molecule has 1 amide bonds. The molecular weight excluding hydrogens is 264 g/mol. The molecule has 2 rings (SSSR count). The normalized spacial score (nSPS) is 18.1. The van der Waals surface area contributed by atoms with Crippen LogP contribution < -0.4 is 0 Å². The molecular formula is C13H14N2O5. The number of carbonyl (C=O) groups excluding carboxylic acids is 1. The molecule has 1 saturated heterocycles. The molecule has 1 aliphatic heterocycles. The highest BCUT2D eigenvalue weighted by Crippen LogP contribution is 2.23. The number of rotatable bonds is 3. The maximum atomic E-state index is 12.4. The third-order valence-electron chi connectivity index (χ3n) is 3.45. The van der Waals surface area contributed by atoms with Crippen LogP contribution in [0.5, 0.6) is 0 Å². The first-order valence-corrected chi connectivity index (χ1v) is 6.20. The summed E-state index contributed by atoms with van der Waals surface area (Å²) >= 11 is 0. The van der Waals surface area contributed by atoms with Crippen LogP contribution >= 0.6 is 0 Å². The van der Waals surface area contributed by atoms with Crippen molar-refractivity contribution in [3.63, 3.8) is 0 Å². The van der Waals surface area contributed by atoms with Gasteiger partial charge in [-0.25, -0.2) is 4.79 Å². The largest absolute Gasteiger partial charge is 0.480 e. The van der Waals surface area contributed by atoms with Crippen molar-refractivity contribution in [2.24, 2.45) is 0 Å². The SMILES string of the molecule is Cc1cc([N+](=O)[O-])ccc1C(=O)N1CCCC1C(=O)O. The molecule has 1 N–H and O–H groups in total. The van der Waals surface area contributed by atoms with E-state index in [4.69, 9.17) is 5.11 Å². The van der Waals surface area contributed by atoms with Gasteiger partial charge in [0.2, 0.25) is 0 Å². The summed E-state index contributed by atoms with van der Waals surface area (Å²) in [6, 6.07) is 3.15. The summed E-state index contributed by atoms with van der Waals surface area (Å²) in [6.07, 6.45) is 1.09. The average molecular weight is 278 g/mol. The number of aliphatic carboxylic acids is 1. The molecule has 1 aromatic rings. The van der Waals surface area contributed by atoms with E-state index in [0.717, 1.165) is 0 Å². The highest BCUT2D eigenvalue weighted by molar-refractivity contribution is 5.98. The summed E-state index contributed by atoms with van der Waals surface area (Å²) in [5, 5.41) is 19.7. The van der Waals surface area contributed by atoms with E-state index >= 15 is 0 Å². The van der Waals surface area contributed by atoms with Gasteiger partial charge in [0.1, 0.15) is 6.04 Å². The molecule has 7 heteroatoms. The lowest BCUT2D eigenvalue weighted by Crippen LogP contribution is -2.40. The van der Waals surface area contributed by atoms with Crippen molar-refractivity contribution in [2.45, 2.75) is 25.8 Å². The highest BCUT2D eigenvalue weighted by Gasteiger charge is 2.34. The molecule has 1 unspecified atom stereocenters. The monoisotopic (exact) mass is 278 g/mol. The average Bonchev–Trinajstić information content (AvgIpc) is 2.87. The minimum atomic E-state index is -1.02. The fourth-order valence-electron chi connectivity index (χ4n) is 2.42. The first-order valence-electron chi connectivity index (χ1n) is 6.20. The third kappa shape index (κ3) is 2.47. The topological polar surface area (TPSA) is 101 Å². The van der Waals surface area contributed by atoms with Gasteiger partial charge in [0.15, 0.2) is 0 Å². The van der Waals surface area contributed by atoms with Gasteiger partial charge in [-0.2, -0.15) is 0 Å². The van der Waals surface area contributed by atoms with E-state index in [1.807, 2.05) is 0 Å². The number of nitrogens with zero attached hydrogens (tertiary/aromatic N) is 2. The minimum Gasteiger partial charge on any atom is -0.480 e. The second kappa shape index (κ2) is 5.28. The van der Waals surface area contributed by atoms with Crippen molar-refractivity contribution >= 4 is 17.6 Å². The zero-order valence-electron chi connectivity index (χ0n) is 10.9. The molecule has 0 spiro atoms. The molecule has 0 bridgehead atoms. The van der Waals surface area contributed by atoms with Gasteiger partial charge < -0.3 is 10.0 Å². The Bertz CT molecular complexity index is 584. The number of benzene rings is 1. The van der Waals surface area contributed by atoms with E-state index in [1.54, 1.807) is 6.92 Å². The van der Waals surface area contributed by atoms with Crippen LogP contribution in [-0.2, 0) is 4.79 Å². The van der Waals surface area contributed by atoms with Gasteiger partial charge in [0.25, 0.3) is 11.6 Å². The van der Waals surface area contributed by atoms with Gasteiger partial charge in [-0.1, -0.05) is 0 Å². The summed E-state index contributed by atoms with van der Waals surface area (Å²) in [4.78, 5) is 34.9. The number of carbonyl (C=O) groups is 2. The van der Waals surface area contributed by atoms with Crippen LogP contribution in [0.3, 0.4) is 0 Å². The van der Waals surface area contributed by atoms with Crippen molar-refractivity contribution in [1.82, 2.24) is 4.90 Å². The number of non-ortho nitro benzene ring substituents is 1. The van der Waals surface area contributed by atoms with Crippen LogP contribution in [0.1, 0.15) is 28.8 Å². The van der Waals surface area contributed by atoms with E-state index in [2.05, 4.69) is 0 Å². The van der Waals surface area contributed by atoms with Gasteiger partial charge in [-0.3, -0.25) is 14.9 Å².